The van der Waals surface area contributed by atoms with Gasteiger partial charge in [-0.05, 0) is 12.1 Å². The van der Waals surface area contributed by atoms with E-state index in [1.165, 1.54) is 23.5 Å². The number of benzene rings is 2. The first-order valence-corrected chi connectivity index (χ1v) is 8.70. The topological polar surface area (TPSA) is 98.9 Å². The number of nitro groups is 1. The van der Waals surface area contributed by atoms with Crippen molar-refractivity contribution in [1.82, 2.24) is 4.98 Å². The average molecular weight is 384 g/mol. The molecule has 0 amide bonds. The van der Waals surface area contributed by atoms with Crippen LogP contribution in [-0.2, 0) is 0 Å². The van der Waals surface area contributed by atoms with E-state index in [0.717, 1.165) is 5.56 Å². The molecule has 27 heavy (non-hydrogen) atoms. The summed E-state index contributed by atoms with van der Waals surface area (Å²) in [5, 5.41) is 17.5. The number of hydrazone groups is 1. The molecule has 0 saturated heterocycles. The maximum absolute atomic E-state index is 10.9. The minimum atomic E-state index is -0.430. The number of nitrogens with one attached hydrogen (secondary N) is 1. The van der Waals surface area contributed by atoms with Crippen LogP contribution in [0.25, 0.3) is 11.3 Å². The zero-order chi connectivity index (χ0) is 19.2. The second-order valence-electron chi connectivity index (χ2n) is 5.30. The fourth-order valence-corrected chi connectivity index (χ4v) is 3.08. The van der Waals surface area contributed by atoms with E-state index in [0.29, 0.717) is 27.9 Å². The Hall–Kier alpha value is -3.46. The van der Waals surface area contributed by atoms with Gasteiger partial charge in [-0.25, -0.2) is 4.98 Å². The predicted molar refractivity (Wildman–Crippen MR) is 105 cm³/mol. The number of hydrogen-bond donors (Lipinski definition) is 1. The molecule has 0 aliphatic rings. The van der Waals surface area contributed by atoms with Crippen LogP contribution in [0.1, 0.15) is 5.56 Å². The van der Waals surface area contributed by atoms with Gasteiger partial charge >= 0.3 is 0 Å². The zero-order valence-corrected chi connectivity index (χ0v) is 15.4. The van der Waals surface area contributed by atoms with Gasteiger partial charge in [-0.15, -0.1) is 11.3 Å². The molecule has 0 fully saturated rings. The molecule has 0 aliphatic heterocycles. The fourth-order valence-electron chi connectivity index (χ4n) is 2.41. The molecule has 0 aliphatic carbocycles. The highest BCUT2D eigenvalue weighted by atomic mass is 32.1. The smallest absolute Gasteiger partial charge is 0.270 e. The van der Waals surface area contributed by atoms with Crippen molar-refractivity contribution in [1.29, 1.82) is 0 Å². The Bertz CT molecular complexity index is 987. The van der Waals surface area contributed by atoms with Gasteiger partial charge in [0.05, 0.1) is 31.1 Å². The van der Waals surface area contributed by atoms with Crippen molar-refractivity contribution in [3.05, 3.63) is 63.5 Å². The number of ether oxygens (including phenoxy) is 2. The summed E-state index contributed by atoms with van der Waals surface area (Å²) < 4.78 is 10.6. The summed E-state index contributed by atoms with van der Waals surface area (Å²) >= 11 is 1.35. The quantitative estimate of drug-likeness (QED) is 0.373. The van der Waals surface area contributed by atoms with Crippen molar-refractivity contribution in [2.45, 2.75) is 0 Å². The second-order valence-corrected chi connectivity index (χ2v) is 6.16. The number of non-ortho nitro benzene ring substituents is 1. The lowest BCUT2D eigenvalue weighted by Crippen LogP contribution is -1.96. The van der Waals surface area contributed by atoms with Crippen LogP contribution < -0.4 is 14.9 Å². The lowest BCUT2D eigenvalue weighted by molar-refractivity contribution is -0.384. The Kier molecular flexibility index (Phi) is 5.62. The lowest BCUT2D eigenvalue weighted by atomic mass is 10.1. The third-order valence-corrected chi connectivity index (χ3v) is 4.40. The van der Waals surface area contributed by atoms with E-state index in [1.54, 1.807) is 38.6 Å². The molecule has 0 saturated carbocycles. The Labute approximate surface area is 159 Å². The molecule has 9 heteroatoms. The molecule has 0 bridgehead atoms. The number of rotatable bonds is 7. The number of hydrogen-bond acceptors (Lipinski definition) is 8. The second kappa shape index (κ2) is 8.28. The maximum atomic E-state index is 10.9. The molecular weight excluding hydrogens is 368 g/mol. The normalized spacial score (nSPS) is 10.7. The summed E-state index contributed by atoms with van der Waals surface area (Å²) in [7, 11) is 3.14. The Morgan fingerprint density at radius 3 is 2.78 bits per heavy atom. The first-order chi connectivity index (χ1) is 13.1. The fraction of sp³-hybridized carbons (Fsp3) is 0.111. The Morgan fingerprint density at radius 1 is 1.22 bits per heavy atom. The molecular formula is C18H16N4O4S. The third kappa shape index (κ3) is 4.21. The van der Waals surface area contributed by atoms with Crippen LogP contribution in [0, 0.1) is 10.1 Å². The minimum Gasteiger partial charge on any atom is -0.493 e. The van der Waals surface area contributed by atoms with E-state index in [-0.39, 0.29) is 5.69 Å². The highest BCUT2D eigenvalue weighted by Crippen LogP contribution is 2.30. The van der Waals surface area contributed by atoms with Crippen LogP contribution >= 0.6 is 11.3 Å². The molecule has 1 aromatic heterocycles. The van der Waals surface area contributed by atoms with Gasteiger partial charge in [0.1, 0.15) is 0 Å². The number of nitrogens with zero attached hydrogens (tertiary/aromatic N) is 3. The number of nitro benzene ring substituents is 1. The molecule has 1 heterocycles. The minimum absolute atomic E-state index is 0.0261. The summed E-state index contributed by atoms with van der Waals surface area (Å²) in [5.41, 5.74) is 4.94. The Morgan fingerprint density at radius 2 is 2.04 bits per heavy atom. The Balaban J connectivity index is 1.75. The number of methoxy groups -OCH3 is 2. The monoisotopic (exact) mass is 384 g/mol. The first-order valence-electron chi connectivity index (χ1n) is 7.83. The lowest BCUT2D eigenvalue weighted by Gasteiger charge is -2.09. The largest absolute Gasteiger partial charge is 0.493 e. The molecule has 3 aromatic rings. The summed E-state index contributed by atoms with van der Waals surface area (Å²) in [6, 6.07) is 11.8. The van der Waals surface area contributed by atoms with Crippen LogP contribution in [0.3, 0.4) is 0 Å². The molecule has 2 aromatic carbocycles. The van der Waals surface area contributed by atoms with Crippen molar-refractivity contribution in [3.63, 3.8) is 0 Å². The first kappa shape index (κ1) is 18.3. The predicted octanol–water partition coefficient (Wildman–Crippen LogP) is 4.18. The molecule has 0 unspecified atom stereocenters. The zero-order valence-electron chi connectivity index (χ0n) is 14.6. The number of anilines is 1. The van der Waals surface area contributed by atoms with Gasteiger partial charge in [0.25, 0.3) is 5.69 Å². The molecule has 138 valence electrons. The van der Waals surface area contributed by atoms with Crippen LogP contribution in [0.4, 0.5) is 10.8 Å². The van der Waals surface area contributed by atoms with Crippen molar-refractivity contribution < 1.29 is 14.4 Å². The molecule has 0 atom stereocenters. The van der Waals surface area contributed by atoms with E-state index < -0.39 is 4.92 Å². The summed E-state index contributed by atoms with van der Waals surface area (Å²) in [6.07, 6.45) is 1.61. The van der Waals surface area contributed by atoms with Crippen molar-refractivity contribution in [2.24, 2.45) is 5.10 Å². The van der Waals surface area contributed by atoms with E-state index >= 15 is 0 Å². The summed E-state index contributed by atoms with van der Waals surface area (Å²) in [5.74, 6) is 1.20. The highest BCUT2D eigenvalue weighted by Gasteiger charge is 2.10. The SMILES string of the molecule is COc1cccc(C=NNc2nc(-c3cccc([N+](=O)[O-])c3)cs2)c1OC. The van der Waals surface area contributed by atoms with Gasteiger partial charge in [-0.3, -0.25) is 15.5 Å². The van der Waals surface area contributed by atoms with Gasteiger partial charge in [0, 0.05) is 28.6 Å². The van der Waals surface area contributed by atoms with E-state index in [2.05, 4.69) is 15.5 Å². The van der Waals surface area contributed by atoms with Gasteiger partial charge in [-0.1, -0.05) is 18.2 Å². The number of aromatic nitrogens is 1. The van der Waals surface area contributed by atoms with Gasteiger partial charge in [0.15, 0.2) is 11.5 Å². The van der Waals surface area contributed by atoms with Crippen LogP contribution in [0.15, 0.2) is 52.9 Å². The molecule has 8 nitrogen and oxygen atoms in total. The van der Waals surface area contributed by atoms with E-state index in [9.17, 15) is 10.1 Å². The van der Waals surface area contributed by atoms with Crippen molar-refractivity contribution >= 4 is 28.4 Å². The number of thiazole rings is 1. The number of para-hydroxylation sites is 1. The summed E-state index contributed by atoms with van der Waals surface area (Å²) in [4.78, 5) is 14.9. The summed E-state index contributed by atoms with van der Waals surface area (Å²) in [6.45, 7) is 0. The van der Waals surface area contributed by atoms with Gasteiger partial charge in [-0.2, -0.15) is 5.10 Å². The van der Waals surface area contributed by atoms with E-state index in [4.69, 9.17) is 9.47 Å². The average Bonchev–Trinajstić information content (AvgIpc) is 3.16. The van der Waals surface area contributed by atoms with Crippen LogP contribution in [0.5, 0.6) is 11.5 Å². The standard InChI is InChI=1S/C18H16N4O4S/c1-25-16-8-4-6-13(17(16)26-2)10-19-21-18-20-15(11-27-18)12-5-3-7-14(9-12)22(23)24/h3-11H,1-2H3,(H,20,21). The molecule has 1 N–H and O–H groups in total. The van der Waals surface area contributed by atoms with Gasteiger partial charge in [0.2, 0.25) is 5.13 Å². The maximum Gasteiger partial charge on any atom is 0.270 e. The van der Waals surface area contributed by atoms with Gasteiger partial charge < -0.3 is 9.47 Å². The third-order valence-electron chi connectivity index (χ3n) is 3.65. The molecule has 0 spiro atoms. The van der Waals surface area contributed by atoms with Crippen LogP contribution in [0.2, 0.25) is 0 Å². The van der Waals surface area contributed by atoms with Crippen molar-refractivity contribution in [3.8, 4) is 22.8 Å². The highest BCUT2D eigenvalue weighted by molar-refractivity contribution is 7.14. The van der Waals surface area contributed by atoms with E-state index in [1.807, 2.05) is 17.5 Å². The van der Waals surface area contributed by atoms with Crippen LogP contribution in [-0.4, -0.2) is 30.3 Å². The molecule has 0 radical (unpaired) electrons. The van der Waals surface area contributed by atoms with Crippen molar-refractivity contribution in [2.75, 3.05) is 19.6 Å². The molecule has 3 rings (SSSR count).